The second-order valence-electron chi connectivity index (χ2n) is 5.63. The molecule has 1 unspecified atom stereocenters. The average molecular weight is 474 g/mol. The number of methoxy groups -OCH3 is 1. The van der Waals surface area contributed by atoms with Crippen LogP contribution in [-0.4, -0.2) is 37.4 Å². The standard InChI is InChI=1S/C18H20FIN2O4/c1-11-7-13(20)4-6-16(11)21-17-8-12(19)3-5-15(17)18(24)22-26-10-14(23)9-25-2/h3-8,14,21,23H,9-10H2,1-2H3,(H,22,24). The van der Waals surface area contributed by atoms with Crippen molar-refractivity contribution in [2.45, 2.75) is 13.0 Å². The number of aliphatic hydroxyl groups excluding tert-OH is 1. The number of nitrogens with one attached hydrogen (secondary N) is 2. The second kappa shape index (κ2) is 9.81. The SMILES string of the molecule is COCC(O)CONC(=O)c1ccc(F)cc1Nc1ccc(I)cc1C. The van der Waals surface area contributed by atoms with Crippen LogP contribution in [-0.2, 0) is 9.57 Å². The fraction of sp³-hybridized carbons (Fsp3) is 0.278. The summed E-state index contributed by atoms with van der Waals surface area (Å²) in [6.07, 6.45) is -0.861. The molecule has 8 heteroatoms. The fourth-order valence-electron chi connectivity index (χ4n) is 2.23. The van der Waals surface area contributed by atoms with Gasteiger partial charge in [-0.3, -0.25) is 9.63 Å². The monoisotopic (exact) mass is 474 g/mol. The number of hydrogen-bond acceptors (Lipinski definition) is 5. The van der Waals surface area contributed by atoms with Crippen molar-refractivity contribution < 1.29 is 23.9 Å². The molecule has 0 aliphatic heterocycles. The smallest absolute Gasteiger partial charge is 0.276 e. The van der Waals surface area contributed by atoms with Gasteiger partial charge in [-0.25, -0.2) is 9.87 Å². The number of halogens is 2. The number of amides is 1. The van der Waals surface area contributed by atoms with Crippen molar-refractivity contribution in [1.82, 2.24) is 5.48 Å². The number of rotatable bonds is 8. The maximum atomic E-state index is 13.7. The minimum atomic E-state index is -0.861. The van der Waals surface area contributed by atoms with E-state index in [1.54, 1.807) is 0 Å². The first-order valence-electron chi connectivity index (χ1n) is 7.82. The Hall–Kier alpha value is -1.75. The lowest BCUT2D eigenvalue weighted by molar-refractivity contribution is -0.0365. The van der Waals surface area contributed by atoms with Crippen LogP contribution in [0.4, 0.5) is 15.8 Å². The lowest BCUT2D eigenvalue weighted by atomic mass is 10.1. The van der Waals surface area contributed by atoms with Crippen LogP contribution in [0.25, 0.3) is 0 Å². The van der Waals surface area contributed by atoms with E-state index in [1.165, 1.54) is 25.3 Å². The molecule has 2 rings (SSSR count). The van der Waals surface area contributed by atoms with Gasteiger partial charge in [0.25, 0.3) is 5.91 Å². The van der Waals surface area contributed by atoms with Gasteiger partial charge in [0, 0.05) is 16.4 Å². The van der Waals surface area contributed by atoms with Crippen molar-refractivity contribution in [3.63, 3.8) is 0 Å². The van der Waals surface area contributed by atoms with Crippen molar-refractivity contribution >= 4 is 39.9 Å². The molecule has 0 heterocycles. The van der Waals surface area contributed by atoms with Crippen LogP contribution in [0.1, 0.15) is 15.9 Å². The fourth-order valence-corrected chi connectivity index (χ4v) is 2.88. The highest BCUT2D eigenvalue weighted by atomic mass is 127. The molecule has 0 aliphatic rings. The van der Waals surface area contributed by atoms with E-state index in [1.807, 2.05) is 25.1 Å². The number of benzene rings is 2. The quantitative estimate of drug-likeness (QED) is 0.405. The number of hydrogen-bond donors (Lipinski definition) is 3. The van der Waals surface area contributed by atoms with Gasteiger partial charge in [-0.1, -0.05) is 0 Å². The summed E-state index contributed by atoms with van der Waals surface area (Å²) in [5.74, 6) is -1.02. The average Bonchev–Trinajstić information content (AvgIpc) is 2.57. The van der Waals surface area contributed by atoms with Gasteiger partial charge in [0.15, 0.2) is 0 Å². The summed E-state index contributed by atoms with van der Waals surface area (Å²) < 4.78 is 19.5. The summed E-state index contributed by atoms with van der Waals surface area (Å²) in [7, 11) is 1.45. The molecule has 3 N–H and O–H groups in total. The third-order valence-corrected chi connectivity index (χ3v) is 4.15. The minimum Gasteiger partial charge on any atom is -0.388 e. The maximum Gasteiger partial charge on any atom is 0.276 e. The maximum absolute atomic E-state index is 13.7. The number of carbonyl (C=O) groups is 1. The Labute approximate surface area is 164 Å². The van der Waals surface area contributed by atoms with Crippen LogP contribution in [0.2, 0.25) is 0 Å². The molecule has 0 aliphatic carbocycles. The lowest BCUT2D eigenvalue weighted by Crippen LogP contribution is -2.30. The van der Waals surface area contributed by atoms with Crippen LogP contribution in [0, 0.1) is 16.3 Å². The first-order valence-corrected chi connectivity index (χ1v) is 8.90. The molecule has 1 atom stereocenters. The predicted molar refractivity (Wildman–Crippen MR) is 105 cm³/mol. The first-order chi connectivity index (χ1) is 12.4. The van der Waals surface area contributed by atoms with Gasteiger partial charge in [-0.05, 0) is 71.5 Å². The van der Waals surface area contributed by atoms with E-state index in [2.05, 4.69) is 33.4 Å². The third-order valence-electron chi connectivity index (χ3n) is 3.48. The van der Waals surface area contributed by atoms with Crippen molar-refractivity contribution in [1.29, 1.82) is 0 Å². The number of carbonyl (C=O) groups excluding carboxylic acids is 1. The Morgan fingerprint density at radius 3 is 2.69 bits per heavy atom. The molecular weight excluding hydrogens is 454 g/mol. The van der Waals surface area contributed by atoms with Crippen molar-refractivity contribution in [3.05, 3.63) is 56.9 Å². The van der Waals surface area contributed by atoms with Gasteiger partial charge in [0.05, 0.1) is 17.9 Å². The normalized spacial score (nSPS) is 11.9. The van der Waals surface area contributed by atoms with Crippen molar-refractivity contribution in [2.75, 3.05) is 25.6 Å². The molecule has 0 bridgehead atoms. The molecule has 1 amide bonds. The van der Waals surface area contributed by atoms with E-state index in [0.717, 1.165) is 14.8 Å². The lowest BCUT2D eigenvalue weighted by Gasteiger charge is -2.15. The molecule has 0 aromatic heterocycles. The highest BCUT2D eigenvalue weighted by molar-refractivity contribution is 14.1. The number of ether oxygens (including phenoxy) is 1. The largest absolute Gasteiger partial charge is 0.388 e. The van der Waals surface area contributed by atoms with Gasteiger partial charge < -0.3 is 15.2 Å². The van der Waals surface area contributed by atoms with Crippen LogP contribution in [0.3, 0.4) is 0 Å². The first kappa shape index (κ1) is 20.6. The summed E-state index contributed by atoms with van der Waals surface area (Å²) in [6.45, 7) is 1.88. The zero-order valence-corrected chi connectivity index (χ0v) is 16.5. The topological polar surface area (TPSA) is 79.8 Å². The van der Waals surface area contributed by atoms with E-state index in [0.29, 0.717) is 5.69 Å². The molecule has 6 nitrogen and oxygen atoms in total. The Bertz CT molecular complexity index is 773. The molecule has 140 valence electrons. The predicted octanol–water partition coefficient (Wildman–Crippen LogP) is 3.15. The third kappa shape index (κ3) is 5.90. The zero-order chi connectivity index (χ0) is 19.1. The van der Waals surface area contributed by atoms with E-state index < -0.39 is 17.8 Å². The van der Waals surface area contributed by atoms with Crippen molar-refractivity contribution in [2.24, 2.45) is 0 Å². The van der Waals surface area contributed by atoms with Crippen LogP contribution >= 0.6 is 22.6 Å². The summed E-state index contributed by atoms with van der Waals surface area (Å²) in [5, 5.41) is 12.6. The number of aliphatic hydroxyl groups is 1. The number of anilines is 2. The van der Waals surface area contributed by atoms with Crippen LogP contribution in [0.15, 0.2) is 36.4 Å². The molecule has 0 saturated heterocycles. The van der Waals surface area contributed by atoms with Crippen molar-refractivity contribution in [3.8, 4) is 0 Å². The molecule has 26 heavy (non-hydrogen) atoms. The van der Waals surface area contributed by atoms with Gasteiger partial charge in [0.1, 0.15) is 18.5 Å². The Morgan fingerprint density at radius 2 is 2.00 bits per heavy atom. The highest BCUT2D eigenvalue weighted by Crippen LogP contribution is 2.25. The van der Waals surface area contributed by atoms with Gasteiger partial charge in [0.2, 0.25) is 0 Å². The highest BCUT2D eigenvalue weighted by Gasteiger charge is 2.14. The molecule has 2 aromatic carbocycles. The Balaban J connectivity index is 2.12. The molecule has 0 spiro atoms. The van der Waals surface area contributed by atoms with Gasteiger partial charge in [-0.2, -0.15) is 0 Å². The van der Waals surface area contributed by atoms with Gasteiger partial charge in [-0.15, -0.1) is 0 Å². The van der Waals surface area contributed by atoms with Crippen LogP contribution < -0.4 is 10.8 Å². The molecule has 2 aromatic rings. The molecule has 0 fully saturated rings. The summed E-state index contributed by atoms with van der Waals surface area (Å²) >= 11 is 2.20. The number of hydroxylamine groups is 1. The van der Waals surface area contributed by atoms with Gasteiger partial charge >= 0.3 is 0 Å². The summed E-state index contributed by atoms with van der Waals surface area (Å²) in [5.41, 5.74) is 4.50. The van der Waals surface area contributed by atoms with Crippen LogP contribution in [0.5, 0.6) is 0 Å². The molecule has 0 saturated carbocycles. The Kier molecular flexibility index (Phi) is 7.76. The minimum absolute atomic E-state index is 0.0886. The number of aryl methyl sites for hydroxylation is 1. The van der Waals surface area contributed by atoms with E-state index >= 15 is 0 Å². The van der Waals surface area contributed by atoms with E-state index in [4.69, 9.17) is 9.57 Å². The van der Waals surface area contributed by atoms with E-state index in [-0.39, 0.29) is 18.8 Å². The van der Waals surface area contributed by atoms with E-state index in [9.17, 15) is 14.3 Å². The molecule has 0 radical (unpaired) electrons. The Morgan fingerprint density at radius 1 is 1.23 bits per heavy atom. The zero-order valence-electron chi connectivity index (χ0n) is 14.4. The summed E-state index contributed by atoms with van der Waals surface area (Å²) in [6, 6.07) is 9.55. The second-order valence-corrected chi connectivity index (χ2v) is 6.87. The summed E-state index contributed by atoms with van der Waals surface area (Å²) in [4.78, 5) is 17.3. The molecular formula is C18H20FIN2O4.